The lowest BCUT2D eigenvalue weighted by Crippen LogP contribution is -2.38. The van der Waals surface area contributed by atoms with Gasteiger partial charge in [-0.25, -0.2) is 4.79 Å². The maximum absolute atomic E-state index is 12.3. The predicted molar refractivity (Wildman–Crippen MR) is 102 cm³/mol. The average Bonchev–Trinajstić information content (AvgIpc) is 3.29. The topological polar surface area (TPSA) is 83.6 Å². The van der Waals surface area contributed by atoms with Crippen molar-refractivity contribution in [3.8, 4) is 0 Å². The molecule has 0 radical (unpaired) electrons. The number of aromatic nitrogens is 2. The molecule has 0 saturated carbocycles. The van der Waals surface area contributed by atoms with E-state index in [-0.39, 0.29) is 12.3 Å². The van der Waals surface area contributed by atoms with Gasteiger partial charge in [0.2, 0.25) is 0 Å². The van der Waals surface area contributed by atoms with Crippen LogP contribution in [0.15, 0.2) is 57.9 Å². The summed E-state index contributed by atoms with van der Waals surface area (Å²) >= 11 is 0. The Kier molecular flexibility index (Phi) is 5.24. The van der Waals surface area contributed by atoms with Crippen molar-refractivity contribution in [3.05, 3.63) is 65.0 Å². The summed E-state index contributed by atoms with van der Waals surface area (Å²) in [5.41, 5.74) is 2.63. The van der Waals surface area contributed by atoms with E-state index >= 15 is 0 Å². The average molecular weight is 369 g/mol. The van der Waals surface area contributed by atoms with Gasteiger partial charge in [0.1, 0.15) is 12.4 Å². The van der Waals surface area contributed by atoms with E-state index in [1.807, 2.05) is 36.4 Å². The third-order valence-electron chi connectivity index (χ3n) is 4.75. The number of rotatable bonds is 7. The zero-order valence-electron chi connectivity index (χ0n) is 15.0. The van der Waals surface area contributed by atoms with Crippen LogP contribution in [0.3, 0.4) is 0 Å². The Bertz CT molecular complexity index is 971. The number of hydrogen-bond acceptors (Lipinski definition) is 5. The molecule has 7 nitrogen and oxygen atoms in total. The van der Waals surface area contributed by atoms with Crippen LogP contribution < -0.4 is 5.69 Å². The highest BCUT2D eigenvalue weighted by Crippen LogP contribution is 2.20. The SMILES string of the molecule is O=c1[nH]c2ccccc2n1C1=CCN(CC(O)COCc2ccco2)CC1. The van der Waals surface area contributed by atoms with Crippen molar-refractivity contribution < 1.29 is 14.3 Å². The zero-order valence-corrected chi connectivity index (χ0v) is 15.0. The van der Waals surface area contributed by atoms with Crippen molar-refractivity contribution in [2.75, 3.05) is 26.2 Å². The largest absolute Gasteiger partial charge is 0.467 e. The summed E-state index contributed by atoms with van der Waals surface area (Å²) < 4.78 is 12.4. The summed E-state index contributed by atoms with van der Waals surface area (Å²) in [6.07, 6.45) is 3.85. The molecular weight excluding hydrogens is 346 g/mol. The van der Waals surface area contributed by atoms with Crippen LogP contribution in [0, 0.1) is 0 Å². The number of benzene rings is 1. The minimum absolute atomic E-state index is 0.109. The van der Waals surface area contributed by atoms with Crippen molar-refractivity contribution in [1.82, 2.24) is 14.5 Å². The highest BCUT2D eigenvalue weighted by Gasteiger charge is 2.18. The third-order valence-corrected chi connectivity index (χ3v) is 4.75. The standard InChI is InChI=1S/C20H23N3O4/c24-16(13-26-14-17-4-3-11-27-17)12-22-9-7-15(8-10-22)23-19-6-2-1-5-18(19)21-20(23)25/h1-7,11,16,24H,8-10,12-14H2,(H,21,25). The Morgan fingerprint density at radius 3 is 2.93 bits per heavy atom. The van der Waals surface area contributed by atoms with Crippen molar-refractivity contribution in [3.63, 3.8) is 0 Å². The minimum Gasteiger partial charge on any atom is -0.467 e. The summed E-state index contributed by atoms with van der Waals surface area (Å²) in [4.78, 5) is 17.3. The fourth-order valence-electron chi connectivity index (χ4n) is 3.45. The van der Waals surface area contributed by atoms with E-state index in [9.17, 15) is 9.90 Å². The minimum atomic E-state index is -0.564. The number of furan rings is 1. The molecule has 0 spiro atoms. The van der Waals surface area contributed by atoms with Gasteiger partial charge < -0.3 is 19.2 Å². The first kappa shape index (κ1) is 17.8. The maximum Gasteiger partial charge on any atom is 0.330 e. The molecule has 4 rings (SSSR count). The van der Waals surface area contributed by atoms with Gasteiger partial charge >= 0.3 is 5.69 Å². The van der Waals surface area contributed by atoms with Gasteiger partial charge in [0.05, 0.1) is 30.0 Å². The predicted octanol–water partition coefficient (Wildman–Crippen LogP) is 2.05. The molecule has 0 aliphatic carbocycles. The molecule has 3 heterocycles. The molecule has 2 aromatic heterocycles. The van der Waals surface area contributed by atoms with Gasteiger partial charge in [0, 0.05) is 31.8 Å². The highest BCUT2D eigenvalue weighted by molar-refractivity contribution is 5.79. The lowest BCUT2D eigenvalue weighted by Gasteiger charge is -2.28. The van der Waals surface area contributed by atoms with Gasteiger partial charge in [-0.1, -0.05) is 18.2 Å². The Labute approximate surface area is 156 Å². The number of aromatic amines is 1. The summed E-state index contributed by atoms with van der Waals surface area (Å²) in [5, 5.41) is 10.2. The number of β-amino-alcohol motifs (C(OH)–C–C–N with tert-alkyl or cyclic N) is 1. The number of nitrogens with one attached hydrogen (secondary N) is 1. The molecule has 3 aromatic rings. The Balaban J connectivity index is 1.33. The second-order valence-corrected chi connectivity index (χ2v) is 6.74. The Hall–Kier alpha value is -2.61. The van der Waals surface area contributed by atoms with Gasteiger partial charge in [-0.15, -0.1) is 0 Å². The molecule has 27 heavy (non-hydrogen) atoms. The molecule has 142 valence electrons. The van der Waals surface area contributed by atoms with Crippen molar-refractivity contribution in [2.45, 2.75) is 19.1 Å². The van der Waals surface area contributed by atoms with E-state index in [1.165, 1.54) is 0 Å². The van der Waals surface area contributed by atoms with E-state index in [0.717, 1.165) is 35.5 Å². The maximum atomic E-state index is 12.3. The normalized spacial score (nSPS) is 16.6. The first-order valence-corrected chi connectivity index (χ1v) is 9.10. The zero-order chi connectivity index (χ0) is 18.6. The number of aliphatic hydroxyl groups is 1. The molecule has 0 bridgehead atoms. The fourth-order valence-corrected chi connectivity index (χ4v) is 3.45. The summed E-state index contributed by atoms with van der Waals surface area (Å²) in [6.45, 7) is 2.63. The van der Waals surface area contributed by atoms with E-state index in [2.05, 4.69) is 16.0 Å². The molecule has 7 heteroatoms. The van der Waals surface area contributed by atoms with Crippen molar-refractivity contribution in [2.24, 2.45) is 0 Å². The Morgan fingerprint density at radius 1 is 1.26 bits per heavy atom. The number of H-pyrrole nitrogens is 1. The number of aliphatic hydroxyl groups excluding tert-OH is 1. The monoisotopic (exact) mass is 369 g/mol. The third kappa shape index (κ3) is 4.05. The molecule has 2 N–H and O–H groups in total. The quantitative estimate of drug-likeness (QED) is 0.666. The molecule has 0 fully saturated rings. The van der Waals surface area contributed by atoms with Crippen LogP contribution in [0.4, 0.5) is 0 Å². The number of hydrogen-bond donors (Lipinski definition) is 2. The second kappa shape index (κ2) is 7.96. The van der Waals surface area contributed by atoms with E-state index < -0.39 is 6.10 Å². The number of fused-ring (bicyclic) bond motifs is 1. The second-order valence-electron chi connectivity index (χ2n) is 6.74. The molecule has 0 saturated heterocycles. The van der Waals surface area contributed by atoms with Crippen LogP contribution in [0.25, 0.3) is 16.7 Å². The number of nitrogens with zero attached hydrogens (tertiary/aromatic N) is 2. The summed E-state index contributed by atoms with van der Waals surface area (Å²) in [7, 11) is 0. The Morgan fingerprint density at radius 2 is 2.15 bits per heavy atom. The van der Waals surface area contributed by atoms with Crippen molar-refractivity contribution >= 4 is 16.7 Å². The van der Waals surface area contributed by atoms with Gasteiger partial charge in [0.15, 0.2) is 0 Å². The molecule has 1 aliphatic heterocycles. The molecule has 1 aromatic carbocycles. The van der Waals surface area contributed by atoms with Crippen LogP contribution >= 0.6 is 0 Å². The lowest BCUT2D eigenvalue weighted by atomic mass is 10.1. The first-order chi connectivity index (χ1) is 13.2. The first-order valence-electron chi connectivity index (χ1n) is 9.10. The van der Waals surface area contributed by atoms with Crippen LogP contribution in [0.2, 0.25) is 0 Å². The van der Waals surface area contributed by atoms with Crippen LogP contribution in [-0.2, 0) is 11.3 Å². The molecule has 1 atom stereocenters. The van der Waals surface area contributed by atoms with Crippen LogP contribution in [-0.4, -0.2) is 51.9 Å². The molecule has 1 unspecified atom stereocenters. The summed E-state index contributed by atoms with van der Waals surface area (Å²) in [5.74, 6) is 0.747. The summed E-state index contributed by atoms with van der Waals surface area (Å²) in [6, 6.07) is 11.3. The smallest absolute Gasteiger partial charge is 0.330 e. The fraction of sp³-hybridized carbons (Fsp3) is 0.350. The number of ether oxygens (including phenoxy) is 1. The number of para-hydroxylation sites is 2. The lowest BCUT2D eigenvalue weighted by molar-refractivity contribution is 0.00651. The van der Waals surface area contributed by atoms with Crippen LogP contribution in [0.1, 0.15) is 12.2 Å². The van der Waals surface area contributed by atoms with Gasteiger partial charge in [-0.2, -0.15) is 0 Å². The van der Waals surface area contributed by atoms with Gasteiger partial charge in [0.25, 0.3) is 0 Å². The molecular formula is C20H23N3O4. The molecule has 1 aliphatic rings. The van der Waals surface area contributed by atoms with Crippen molar-refractivity contribution in [1.29, 1.82) is 0 Å². The van der Waals surface area contributed by atoms with Gasteiger partial charge in [-0.05, 0) is 24.3 Å². The van der Waals surface area contributed by atoms with E-state index in [4.69, 9.17) is 9.15 Å². The van der Waals surface area contributed by atoms with Gasteiger partial charge in [-0.3, -0.25) is 9.47 Å². The number of imidazole rings is 1. The highest BCUT2D eigenvalue weighted by atomic mass is 16.5. The molecule has 0 amide bonds. The van der Waals surface area contributed by atoms with Crippen LogP contribution in [0.5, 0.6) is 0 Å². The van der Waals surface area contributed by atoms with E-state index in [1.54, 1.807) is 10.8 Å². The van der Waals surface area contributed by atoms with E-state index in [0.29, 0.717) is 19.7 Å².